The monoisotopic (exact) mass is 361 g/mol. The molecular weight excluding hydrogens is 338 g/mol. The molecule has 0 amide bonds. The van der Waals surface area contributed by atoms with Crippen LogP contribution in [0.4, 0.5) is 0 Å². The minimum atomic E-state index is -3.60. The second-order valence-electron chi connectivity index (χ2n) is 6.73. The van der Waals surface area contributed by atoms with Crippen molar-refractivity contribution in [3.05, 3.63) is 53.6 Å². The van der Waals surface area contributed by atoms with E-state index in [4.69, 9.17) is 4.74 Å². The smallest absolute Gasteiger partial charge is 0.330 e. The summed E-state index contributed by atoms with van der Waals surface area (Å²) >= 11 is 0. The highest BCUT2D eigenvalue weighted by Gasteiger charge is 2.45. The minimum Gasteiger partial charge on any atom is -0.466 e. The highest BCUT2D eigenvalue weighted by molar-refractivity contribution is 7.89. The number of carbonyl (C=O) groups excluding carboxylic acids is 1. The summed E-state index contributed by atoms with van der Waals surface area (Å²) in [6.45, 7) is 2.50. The summed E-state index contributed by atoms with van der Waals surface area (Å²) in [5, 5.41) is 0. The SMILES string of the molecule is COC(=O)/C=C1\CN(S(=O)(=O)c2ccc(C)cc2)C[C@@]12C=CCCC2. The number of ether oxygens (including phenoxy) is 1. The van der Waals surface area contributed by atoms with Gasteiger partial charge in [0.25, 0.3) is 0 Å². The van der Waals surface area contributed by atoms with E-state index >= 15 is 0 Å². The maximum absolute atomic E-state index is 13.0. The number of nitrogens with zero attached hydrogens (tertiary/aromatic N) is 1. The second-order valence-corrected chi connectivity index (χ2v) is 8.67. The zero-order valence-electron chi connectivity index (χ0n) is 14.6. The molecule has 1 saturated heterocycles. The van der Waals surface area contributed by atoms with Crippen molar-refractivity contribution in [3.8, 4) is 0 Å². The molecule has 1 fully saturated rings. The van der Waals surface area contributed by atoms with Gasteiger partial charge in [0.15, 0.2) is 0 Å². The topological polar surface area (TPSA) is 63.7 Å². The average molecular weight is 361 g/mol. The summed E-state index contributed by atoms with van der Waals surface area (Å²) < 4.78 is 32.3. The van der Waals surface area contributed by atoms with E-state index in [1.54, 1.807) is 24.3 Å². The van der Waals surface area contributed by atoms with Gasteiger partial charge in [-0.25, -0.2) is 13.2 Å². The summed E-state index contributed by atoms with van der Waals surface area (Å²) in [5.41, 5.74) is 1.42. The number of esters is 1. The fraction of sp³-hybridized carbons (Fsp3) is 0.421. The molecule has 1 aliphatic carbocycles. The fourth-order valence-electron chi connectivity index (χ4n) is 3.57. The quantitative estimate of drug-likeness (QED) is 0.472. The Kier molecular flexibility index (Phi) is 4.84. The van der Waals surface area contributed by atoms with Crippen LogP contribution in [0.5, 0.6) is 0 Å². The number of carbonyl (C=O) groups is 1. The van der Waals surface area contributed by atoms with Gasteiger partial charge in [-0.3, -0.25) is 0 Å². The molecule has 0 bridgehead atoms. The van der Waals surface area contributed by atoms with Crippen molar-refractivity contribution in [1.82, 2.24) is 4.31 Å². The maximum atomic E-state index is 13.0. The lowest BCUT2D eigenvalue weighted by atomic mass is 9.75. The van der Waals surface area contributed by atoms with Crippen LogP contribution in [0.15, 0.2) is 53.0 Å². The number of methoxy groups -OCH3 is 1. The molecule has 134 valence electrons. The Balaban J connectivity index is 1.98. The number of sulfonamides is 1. The number of aryl methyl sites for hydroxylation is 1. The van der Waals surface area contributed by atoms with Gasteiger partial charge in [-0.2, -0.15) is 4.31 Å². The normalized spacial score (nSPS) is 25.6. The van der Waals surface area contributed by atoms with Crippen LogP contribution in [-0.2, 0) is 19.6 Å². The number of hydrogen-bond acceptors (Lipinski definition) is 4. The Morgan fingerprint density at radius 1 is 1.28 bits per heavy atom. The molecule has 1 spiro atoms. The predicted octanol–water partition coefficient (Wildman–Crippen LogP) is 2.83. The lowest BCUT2D eigenvalue weighted by molar-refractivity contribution is -0.134. The van der Waals surface area contributed by atoms with Crippen molar-refractivity contribution in [1.29, 1.82) is 0 Å². The van der Waals surface area contributed by atoms with Crippen LogP contribution in [0.25, 0.3) is 0 Å². The third-order valence-electron chi connectivity index (χ3n) is 5.03. The molecule has 3 rings (SSSR count). The second kappa shape index (κ2) is 6.77. The molecule has 5 nitrogen and oxygen atoms in total. The lowest BCUT2D eigenvalue weighted by Crippen LogP contribution is -2.32. The number of rotatable bonds is 3. The van der Waals surface area contributed by atoms with Crippen molar-refractivity contribution in [2.45, 2.75) is 31.1 Å². The van der Waals surface area contributed by atoms with Crippen molar-refractivity contribution < 1.29 is 17.9 Å². The Morgan fingerprint density at radius 3 is 2.60 bits per heavy atom. The van der Waals surface area contributed by atoms with Gasteiger partial charge in [0.1, 0.15) is 0 Å². The van der Waals surface area contributed by atoms with Crippen LogP contribution in [0.3, 0.4) is 0 Å². The molecule has 0 saturated carbocycles. The van der Waals surface area contributed by atoms with E-state index in [0.29, 0.717) is 6.54 Å². The molecule has 1 aliphatic heterocycles. The lowest BCUT2D eigenvalue weighted by Gasteiger charge is -2.30. The van der Waals surface area contributed by atoms with Gasteiger partial charge in [-0.05, 0) is 43.9 Å². The van der Waals surface area contributed by atoms with Crippen LogP contribution in [0.1, 0.15) is 24.8 Å². The third-order valence-corrected chi connectivity index (χ3v) is 6.83. The van der Waals surface area contributed by atoms with Crippen molar-refractivity contribution in [2.75, 3.05) is 20.2 Å². The molecule has 0 unspecified atom stereocenters. The molecule has 6 heteroatoms. The van der Waals surface area contributed by atoms with E-state index < -0.39 is 21.4 Å². The Hall–Kier alpha value is -1.92. The van der Waals surface area contributed by atoms with E-state index in [2.05, 4.69) is 12.2 Å². The first-order valence-corrected chi connectivity index (χ1v) is 9.85. The predicted molar refractivity (Wildman–Crippen MR) is 95.5 cm³/mol. The largest absolute Gasteiger partial charge is 0.466 e. The first-order chi connectivity index (χ1) is 11.9. The highest BCUT2D eigenvalue weighted by atomic mass is 32.2. The third kappa shape index (κ3) is 3.41. The van der Waals surface area contributed by atoms with Gasteiger partial charge >= 0.3 is 5.97 Å². The van der Waals surface area contributed by atoms with Gasteiger partial charge in [-0.1, -0.05) is 29.8 Å². The molecular formula is C19H23NO4S. The molecule has 1 atom stereocenters. The Bertz CT molecular complexity index is 823. The van der Waals surface area contributed by atoms with Gasteiger partial charge in [0.05, 0.1) is 12.0 Å². The van der Waals surface area contributed by atoms with E-state index in [0.717, 1.165) is 30.4 Å². The Morgan fingerprint density at radius 2 is 2.00 bits per heavy atom. The van der Waals surface area contributed by atoms with Gasteiger partial charge in [0, 0.05) is 24.6 Å². The minimum absolute atomic E-state index is 0.218. The summed E-state index contributed by atoms with van der Waals surface area (Å²) in [4.78, 5) is 12.1. The van der Waals surface area contributed by atoms with E-state index in [1.807, 2.05) is 6.92 Å². The maximum Gasteiger partial charge on any atom is 0.330 e. The number of benzene rings is 1. The van der Waals surface area contributed by atoms with Crippen molar-refractivity contribution in [3.63, 3.8) is 0 Å². The molecule has 1 aromatic rings. The molecule has 1 aromatic carbocycles. The first-order valence-electron chi connectivity index (χ1n) is 8.41. The average Bonchev–Trinajstić information content (AvgIpc) is 2.94. The molecule has 2 aliphatic rings. The van der Waals surface area contributed by atoms with Crippen LogP contribution >= 0.6 is 0 Å². The van der Waals surface area contributed by atoms with Crippen LogP contribution in [0.2, 0.25) is 0 Å². The number of hydrogen-bond donors (Lipinski definition) is 0. The van der Waals surface area contributed by atoms with Gasteiger partial charge in [-0.15, -0.1) is 0 Å². The summed E-state index contributed by atoms with van der Waals surface area (Å²) in [6, 6.07) is 6.86. The molecule has 0 aromatic heterocycles. The van der Waals surface area contributed by atoms with Gasteiger partial charge in [0.2, 0.25) is 10.0 Å². The van der Waals surface area contributed by atoms with E-state index in [9.17, 15) is 13.2 Å². The van der Waals surface area contributed by atoms with Crippen molar-refractivity contribution >= 4 is 16.0 Å². The zero-order chi connectivity index (χ0) is 18.1. The zero-order valence-corrected chi connectivity index (χ0v) is 15.4. The van der Waals surface area contributed by atoms with E-state index in [-0.39, 0.29) is 11.4 Å². The van der Waals surface area contributed by atoms with E-state index in [1.165, 1.54) is 17.5 Å². The number of allylic oxidation sites excluding steroid dienone is 1. The molecule has 0 radical (unpaired) electrons. The summed E-state index contributed by atoms with van der Waals surface area (Å²) in [5.74, 6) is -0.442. The first kappa shape index (κ1) is 17.9. The van der Waals surface area contributed by atoms with Crippen LogP contribution in [-0.4, -0.2) is 38.9 Å². The highest BCUT2D eigenvalue weighted by Crippen LogP contribution is 2.45. The summed E-state index contributed by atoms with van der Waals surface area (Å²) in [7, 11) is -2.27. The van der Waals surface area contributed by atoms with Crippen LogP contribution in [0, 0.1) is 12.3 Å². The summed E-state index contributed by atoms with van der Waals surface area (Å²) in [6.07, 6.45) is 8.41. The van der Waals surface area contributed by atoms with Crippen molar-refractivity contribution in [2.24, 2.45) is 5.41 Å². The fourth-order valence-corrected chi connectivity index (χ4v) is 5.05. The molecule has 25 heavy (non-hydrogen) atoms. The Labute approximate surface area is 149 Å². The molecule has 0 N–H and O–H groups in total. The molecule has 1 heterocycles. The van der Waals surface area contributed by atoms with Crippen LogP contribution < -0.4 is 0 Å². The van der Waals surface area contributed by atoms with Gasteiger partial charge < -0.3 is 4.74 Å². The standard InChI is InChI=1S/C19H23NO4S/c1-15-6-8-17(9-7-15)25(22,23)20-13-16(12-18(21)24-2)19(14-20)10-4-3-5-11-19/h4,6-10,12H,3,5,11,13-14H2,1-2H3/b16-12+/t19-/m0/s1.